The van der Waals surface area contributed by atoms with Crippen LogP contribution in [0.3, 0.4) is 0 Å². The zero-order chi connectivity index (χ0) is 29.0. The lowest BCUT2D eigenvalue weighted by Crippen LogP contribution is -2.32. The second-order valence-electron chi connectivity index (χ2n) is 14.5. The maximum absolute atomic E-state index is 2.68. The molecule has 8 rings (SSSR count). The van der Waals surface area contributed by atoms with Crippen molar-refractivity contribution >= 4 is 0 Å². The number of benzene rings is 3. The Morgan fingerprint density at radius 3 is 1.98 bits per heavy atom. The molecule has 4 aliphatic carbocycles. The number of fused-ring (bicyclic) bond motifs is 5. The van der Waals surface area contributed by atoms with Crippen molar-refractivity contribution in [2.75, 3.05) is 0 Å². The average molecular weight is 567 g/mol. The zero-order valence-electron chi connectivity index (χ0n) is 26.4. The fourth-order valence-electron chi connectivity index (χ4n) is 9.67. The predicted molar refractivity (Wildman–Crippen MR) is 180 cm³/mol. The van der Waals surface area contributed by atoms with Gasteiger partial charge in [0.25, 0.3) is 0 Å². The van der Waals surface area contributed by atoms with Crippen molar-refractivity contribution in [2.45, 2.75) is 114 Å². The van der Waals surface area contributed by atoms with Crippen LogP contribution in [0.2, 0.25) is 0 Å². The van der Waals surface area contributed by atoms with Gasteiger partial charge in [-0.25, -0.2) is 4.57 Å². The van der Waals surface area contributed by atoms with E-state index in [2.05, 4.69) is 91.5 Å². The van der Waals surface area contributed by atoms with Gasteiger partial charge in [0, 0.05) is 22.6 Å². The Kier molecular flexibility index (Phi) is 7.04. The highest BCUT2D eigenvalue weighted by Gasteiger charge is 2.45. The van der Waals surface area contributed by atoms with Gasteiger partial charge in [-0.2, -0.15) is 0 Å². The summed E-state index contributed by atoms with van der Waals surface area (Å²) in [6, 6.07) is 26.8. The Bertz CT molecular complexity index is 1660. The smallest absolute Gasteiger partial charge is 0.201 e. The Morgan fingerprint density at radius 1 is 0.605 bits per heavy atom. The zero-order valence-corrected chi connectivity index (χ0v) is 26.4. The number of pyridine rings is 1. The van der Waals surface area contributed by atoms with Crippen molar-refractivity contribution in [3.8, 4) is 33.5 Å². The Morgan fingerprint density at radius 2 is 1.26 bits per heavy atom. The summed E-state index contributed by atoms with van der Waals surface area (Å²) in [5.41, 5.74) is 16.6. The lowest BCUT2D eigenvalue weighted by molar-refractivity contribution is -0.660. The summed E-state index contributed by atoms with van der Waals surface area (Å²) in [4.78, 5) is 0. The molecule has 0 unspecified atom stereocenters. The average Bonchev–Trinajstić information content (AvgIpc) is 3.66. The van der Waals surface area contributed by atoms with Crippen molar-refractivity contribution in [3.63, 3.8) is 0 Å². The van der Waals surface area contributed by atoms with Gasteiger partial charge in [-0.15, -0.1) is 0 Å². The van der Waals surface area contributed by atoms with Gasteiger partial charge >= 0.3 is 0 Å². The van der Waals surface area contributed by atoms with Crippen molar-refractivity contribution in [1.82, 2.24) is 0 Å². The molecule has 43 heavy (non-hydrogen) atoms. The highest BCUT2D eigenvalue weighted by Crippen LogP contribution is 2.58. The molecule has 0 bridgehead atoms. The Hall–Kier alpha value is -3.19. The third kappa shape index (κ3) is 4.61. The number of nitrogens with zero attached hydrogens (tertiary/aromatic N) is 1. The standard InChI is InChI=1S/C42H48N/c1-29-13-9-10-18-34(29)41-27-37(38(28-43(41)2)31-16-7-4-8-17-31)33-20-22-36-35-21-19-32(30-14-5-3-6-15-30)25-39(35)42(40(36)26-33)23-11-12-24-42/h9-10,13,18-22,25-28,30-31H,3-8,11-12,14-17,23-24H2,1-2H3/q+1. The monoisotopic (exact) mass is 566 g/mol. The van der Waals surface area contributed by atoms with E-state index in [4.69, 9.17) is 0 Å². The minimum absolute atomic E-state index is 0.203. The maximum Gasteiger partial charge on any atom is 0.213 e. The van der Waals surface area contributed by atoms with E-state index >= 15 is 0 Å². The van der Waals surface area contributed by atoms with Crippen LogP contribution in [-0.2, 0) is 12.5 Å². The molecule has 4 aromatic rings. The SMILES string of the molecule is Cc1ccccc1-c1cc(-c2ccc3c(c2)C2(CCCC2)c2cc(C4CCCCC4)ccc2-3)c(C2CCCCC2)c[n+]1C. The Balaban J connectivity index is 1.28. The molecule has 4 aliphatic rings. The van der Waals surface area contributed by atoms with Gasteiger partial charge in [-0.1, -0.05) is 99.9 Å². The maximum atomic E-state index is 2.68. The number of aromatic nitrogens is 1. The van der Waals surface area contributed by atoms with Gasteiger partial charge in [0.15, 0.2) is 6.20 Å². The molecule has 1 nitrogen and oxygen atoms in total. The van der Waals surface area contributed by atoms with Crippen LogP contribution >= 0.6 is 0 Å². The van der Waals surface area contributed by atoms with Gasteiger partial charge in [-0.3, -0.25) is 0 Å². The molecule has 0 N–H and O–H groups in total. The molecule has 0 saturated heterocycles. The highest BCUT2D eigenvalue weighted by molar-refractivity contribution is 5.85. The van der Waals surface area contributed by atoms with Crippen LogP contribution < -0.4 is 4.57 Å². The van der Waals surface area contributed by atoms with Crippen LogP contribution in [0.25, 0.3) is 33.5 Å². The van der Waals surface area contributed by atoms with Crippen LogP contribution in [-0.4, -0.2) is 0 Å². The van der Waals surface area contributed by atoms with E-state index < -0.39 is 0 Å². The van der Waals surface area contributed by atoms with Crippen LogP contribution in [0, 0.1) is 6.92 Å². The summed E-state index contributed by atoms with van der Waals surface area (Å²) < 4.78 is 2.41. The summed E-state index contributed by atoms with van der Waals surface area (Å²) >= 11 is 0. The van der Waals surface area contributed by atoms with Crippen LogP contribution in [0.15, 0.2) is 72.9 Å². The lowest BCUT2D eigenvalue weighted by atomic mass is 9.74. The molecule has 1 heterocycles. The number of aryl methyl sites for hydroxylation is 2. The molecule has 0 atom stereocenters. The molecule has 1 aromatic heterocycles. The summed E-state index contributed by atoms with van der Waals surface area (Å²) in [5, 5.41) is 0. The van der Waals surface area contributed by atoms with Crippen molar-refractivity contribution in [1.29, 1.82) is 0 Å². The van der Waals surface area contributed by atoms with E-state index in [-0.39, 0.29) is 5.41 Å². The summed E-state index contributed by atoms with van der Waals surface area (Å²) in [6.45, 7) is 2.25. The van der Waals surface area contributed by atoms with Crippen LogP contribution in [0.4, 0.5) is 0 Å². The normalized spacial score (nSPS) is 20.0. The summed E-state index contributed by atoms with van der Waals surface area (Å²) in [7, 11) is 2.26. The molecule has 1 spiro atoms. The first-order valence-electron chi connectivity index (χ1n) is 17.5. The van der Waals surface area contributed by atoms with Crippen LogP contribution in [0.5, 0.6) is 0 Å². The van der Waals surface area contributed by atoms with Crippen molar-refractivity contribution in [2.24, 2.45) is 7.05 Å². The molecule has 3 saturated carbocycles. The molecule has 1 heteroatoms. The minimum atomic E-state index is 0.203. The molecule has 0 aliphatic heterocycles. The second-order valence-corrected chi connectivity index (χ2v) is 14.5. The number of rotatable bonds is 4. The quantitative estimate of drug-likeness (QED) is 0.216. The van der Waals surface area contributed by atoms with Gasteiger partial charge in [-0.05, 0) is 114 Å². The third-order valence-corrected chi connectivity index (χ3v) is 12.0. The van der Waals surface area contributed by atoms with Gasteiger partial charge in [0.2, 0.25) is 5.69 Å². The molecular weight excluding hydrogens is 518 g/mol. The summed E-state index contributed by atoms with van der Waals surface area (Å²) in [5.74, 6) is 1.42. The molecule has 0 radical (unpaired) electrons. The van der Waals surface area contributed by atoms with Gasteiger partial charge < -0.3 is 0 Å². The third-order valence-electron chi connectivity index (χ3n) is 12.0. The van der Waals surface area contributed by atoms with Gasteiger partial charge in [0.1, 0.15) is 7.05 Å². The first kappa shape index (κ1) is 27.4. The first-order valence-corrected chi connectivity index (χ1v) is 17.5. The molecule has 220 valence electrons. The first-order chi connectivity index (χ1) is 21.1. The van der Waals surface area contributed by atoms with E-state index in [1.807, 2.05) is 0 Å². The van der Waals surface area contributed by atoms with Crippen molar-refractivity contribution in [3.05, 3.63) is 101 Å². The molecule has 3 aromatic carbocycles. The highest BCUT2D eigenvalue weighted by atomic mass is 14.9. The summed E-state index contributed by atoms with van der Waals surface area (Å²) in [6.07, 6.45) is 21.5. The predicted octanol–water partition coefficient (Wildman–Crippen LogP) is 11.1. The van der Waals surface area contributed by atoms with Crippen molar-refractivity contribution < 1.29 is 4.57 Å². The van der Waals surface area contributed by atoms with E-state index in [1.165, 1.54) is 129 Å². The van der Waals surface area contributed by atoms with E-state index in [9.17, 15) is 0 Å². The Labute approximate surface area is 259 Å². The van der Waals surface area contributed by atoms with E-state index in [0.29, 0.717) is 5.92 Å². The van der Waals surface area contributed by atoms with Gasteiger partial charge in [0.05, 0.1) is 0 Å². The fraction of sp³-hybridized carbons (Fsp3) is 0.452. The number of hydrogen-bond donors (Lipinski definition) is 0. The molecule has 3 fully saturated rings. The number of hydrogen-bond acceptors (Lipinski definition) is 0. The minimum Gasteiger partial charge on any atom is -0.201 e. The lowest BCUT2D eigenvalue weighted by Gasteiger charge is -2.29. The van der Waals surface area contributed by atoms with Crippen LogP contribution in [0.1, 0.15) is 130 Å². The molecule has 0 amide bonds. The van der Waals surface area contributed by atoms with E-state index in [0.717, 1.165) is 5.92 Å². The second kappa shape index (κ2) is 11.1. The fourth-order valence-corrected chi connectivity index (χ4v) is 9.67. The van der Waals surface area contributed by atoms with E-state index in [1.54, 1.807) is 22.3 Å². The largest absolute Gasteiger partial charge is 0.213 e. The topological polar surface area (TPSA) is 3.88 Å². The molecular formula is C42H48N+.